The van der Waals surface area contributed by atoms with Crippen molar-refractivity contribution < 1.29 is 0 Å². The Morgan fingerprint density at radius 1 is 1.36 bits per heavy atom. The number of guanidine groups is 1. The van der Waals surface area contributed by atoms with Crippen molar-refractivity contribution in [2.45, 2.75) is 25.3 Å². The molecule has 0 radical (unpaired) electrons. The average molecular weight is 329 g/mol. The van der Waals surface area contributed by atoms with Gasteiger partial charge in [0.1, 0.15) is 5.54 Å². The Morgan fingerprint density at radius 3 is 2.68 bits per heavy atom. The number of likely N-dealkylation sites (N-methyl/N-ethyl adjacent to an activating group) is 1. The van der Waals surface area contributed by atoms with E-state index in [1.165, 1.54) is 33.0 Å². The summed E-state index contributed by atoms with van der Waals surface area (Å²) in [6.45, 7) is 6.44. The van der Waals surface area contributed by atoms with E-state index in [4.69, 9.17) is 10.7 Å². The second-order valence-electron chi connectivity index (χ2n) is 6.17. The molecule has 3 nitrogen and oxygen atoms in total. The average Bonchev–Trinajstić information content (AvgIpc) is 2.99. The Morgan fingerprint density at radius 2 is 2.14 bits per heavy atom. The molecule has 0 aromatic carbocycles. The van der Waals surface area contributed by atoms with E-state index >= 15 is 0 Å². The molecule has 0 spiro atoms. The van der Waals surface area contributed by atoms with Gasteiger partial charge in [-0.05, 0) is 54.8 Å². The summed E-state index contributed by atoms with van der Waals surface area (Å²) < 4.78 is 0. The van der Waals surface area contributed by atoms with Crippen molar-refractivity contribution in [3.8, 4) is 9.75 Å². The number of nitrogens with zero attached hydrogens (tertiary/aromatic N) is 2. The van der Waals surface area contributed by atoms with Crippen molar-refractivity contribution in [1.82, 2.24) is 4.90 Å². The molecule has 0 bridgehead atoms. The molecule has 0 saturated heterocycles. The van der Waals surface area contributed by atoms with Gasteiger partial charge in [-0.2, -0.15) is 0 Å². The molecular weight excluding hydrogens is 310 g/mol. The van der Waals surface area contributed by atoms with E-state index in [2.05, 4.69) is 37.1 Å². The van der Waals surface area contributed by atoms with Gasteiger partial charge in [-0.3, -0.25) is 0 Å². The molecule has 1 fully saturated rings. The minimum absolute atomic E-state index is 0.325. The highest BCUT2D eigenvalue weighted by atomic mass is 32.1. The van der Waals surface area contributed by atoms with Gasteiger partial charge in [-0.25, -0.2) is 4.99 Å². The van der Waals surface area contributed by atoms with Crippen LogP contribution < -0.4 is 5.73 Å². The van der Waals surface area contributed by atoms with Crippen molar-refractivity contribution in [2.75, 3.05) is 7.05 Å². The number of rotatable bonds is 3. The molecule has 2 N–H and O–H groups in total. The predicted molar refractivity (Wildman–Crippen MR) is 95.3 cm³/mol. The van der Waals surface area contributed by atoms with Crippen LogP contribution in [0.15, 0.2) is 40.8 Å². The normalized spacial score (nSPS) is 24.9. The lowest BCUT2D eigenvalue weighted by atomic mass is 9.89. The predicted octanol–water partition coefficient (Wildman–Crippen LogP) is 4.16. The van der Waals surface area contributed by atoms with Gasteiger partial charge < -0.3 is 10.6 Å². The molecule has 22 heavy (non-hydrogen) atoms. The van der Waals surface area contributed by atoms with Crippen LogP contribution in [0.3, 0.4) is 0 Å². The maximum Gasteiger partial charge on any atom is 0.196 e. The lowest BCUT2D eigenvalue weighted by Crippen LogP contribution is -2.32. The second-order valence-corrected chi connectivity index (χ2v) is 8.16. The third-order valence-corrected chi connectivity index (χ3v) is 7.06. The molecule has 2 aliphatic rings. The van der Waals surface area contributed by atoms with Gasteiger partial charge in [0.25, 0.3) is 0 Å². The zero-order valence-electron chi connectivity index (χ0n) is 12.8. The van der Waals surface area contributed by atoms with E-state index in [0.717, 1.165) is 5.70 Å². The molecule has 3 heterocycles. The topological polar surface area (TPSA) is 41.6 Å². The van der Waals surface area contributed by atoms with Crippen LogP contribution in [0.4, 0.5) is 0 Å². The van der Waals surface area contributed by atoms with Gasteiger partial charge in [0.15, 0.2) is 5.96 Å². The van der Waals surface area contributed by atoms with E-state index in [9.17, 15) is 0 Å². The third-order valence-electron chi connectivity index (χ3n) is 4.60. The standard InChI is InChI=1S/C17H19N3S2/c1-10-8-14(21-9-10)13-6-7-15(22-13)17(12-4-5-12)11(2)20(3)16(18)19-17/h6-9,12H,2,4-5H2,1,3H3,(H2,18,19). The molecule has 2 aromatic heterocycles. The fraction of sp³-hybridized carbons (Fsp3) is 0.353. The van der Waals surface area contributed by atoms with Crippen LogP contribution in [-0.4, -0.2) is 17.9 Å². The molecule has 0 amide bonds. The molecule has 1 unspecified atom stereocenters. The molecule has 114 valence electrons. The van der Waals surface area contributed by atoms with Crippen LogP contribution in [0, 0.1) is 12.8 Å². The summed E-state index contributed by atoms with van der Waals surface area (Å²) in [6.07, 6.45) is 2.41. The van der Waals surface area contributed by atoms with Gasteiger partial charge in [0.2, 0.25) is 0 Å². The molecule has 5 heteroatoms. The summed E-state index contributed by atoms with van der Waals surface area (Å²) >= 11 is 3.63. The van der Waals surface area contributed by atoms with E-state index in [-0.39, 0.29) is 5.54 Å². The van der Waals surface area contributed by atoms with E-state index in [1.54, 1.807) is 11.3 Å². The Labute approximate surface area is 138 Å². The fourth-order valence-corrected chi connectivity index (χ4v) is 5.42. The summed E-state index contributed by atoms with van der Waals surface area (Å²) in [7, 11) is 1.96. The lowest BCUT2D eigenvalue weighted by Gasteiger charge is -2.28. The first-order chi connectivity index (χ1) is 10.5. The zero-order chi connectivity index (χ0) is 15.5. The van der Waals surface area contributed by atoms with Crippen LogP contribution in [0.1, 0.15) is 23.3 Å². The van der Waals surface area contributed by atoms with Gasteiger partial charge in [-0.15, -0.1) is 22.7 Å². The molecular formula is C17H19N3S2. The maximum atomic E-state index is 6.09. The van der Waals surface area contributed by atoms with Crippen LogP contribution in [-0.2, 0) is 5.54 Å². The highest BCUT2D eigenvalue weighted by Gasteiger charge is 2.54. The summed E-state index contributed by atoms with van der Waals surface area (Å²) in [6, 6.07) is 6.68. The summed E-state index contributed by atoms with van der Waals surface area (Å²) in [5, 5.41) is 2.20. The molecule has 1 aliphatic heterocycles. The second kappa shape index (κ2) is 4.70. The van der Waals surface area contributed by atoms with Crippen LogP contribution in [0.2, 0.25) is 0 Å². The first-order valence-electron chi connectivity index (χ1n) is 7.46. The SMILES string of the molecule is C=C1N(C)C(N)=NC1(c1ccc(-c2cc(C)cs2)s1)C1CC1. The minimum atomic E-state index is -0.325. The zero-order valence-corrected chi connectivity index (χ0v) is 14.4. The highest BCUT2D eigenvalue weighted by molar-refractivity contribution is 7.21. The first kappa shape index (κ1) is 14.0. The first-order valence-corrected chi connectivity index (χ1v) is 9.16. The Balaban J connectivity index is 1.80. The number of hydrogen-bond acceptors (Lipinski definition) is 5. The van der Waals surface area contributed by atoms with Crippen LogP contribution in [0.25, 0.3) is 9.75 Å². The van der Waals surface area contributed by atoms with Crippen LogP contribution >= 0.6 is 22.7 Å². The van der Waals surface area contributed by atoms with Gasteiger partial charge in [0.05, 0.1) is 0 Å². The third kappa shape index (κ3) is 1.88. The Kier molecular flexibility index (Phi) is 3.00. The largest absolute Gasteiger partial charge is 0.369 e. The van der Waals surface area contributed by atoms with Crippen LogP contribution in [0.5, 0.6) is 0 Å². The van der Waals surface area contributed by atoms with Crippen molar-refractivity contribution >= 4 is 28.6 Å². The fourth-order valence-electron chi connectivity index (χ4n) is 3.18. The number of aliphatic imine (C=N–C) groups is 1. The minimum Gasteiger partial charge on any atom is -0.369 e. The van der Waals surface area contributed by atoms with E-state index < -0.39 is 0 Å². The molecule has 1 atom stereocenters. The number of hydrogen-bond donors (Lipinski definition) is 1. The van der Waals surface area contributed by atoms with Crippen molar-refractivity contribution in [3.63, 3.8) is 0 Å². The Bertz CT molecular complexity index is 781. The number of nitrogens with two attached hydrogens (primary N) is 1. The van der Waals surface area contributed by atoms with E-state index in [0.29, 0.717) is 11.9 Å². The van der Waals surface area contributed by atoms with Crippen molar-refractivity contribution in [1.29, 1.82) is 0 Å². The number of aryl methyl sites for hydroxylation is 1. The molecule has 4 rings (SSSR count). The van der Waals surface area contributed by atoms with Gasteiger partial charge in [0, 0.05) is 27.4 Å². The molecule has 2 aromatic rings. The number of thiophene rings is 2. The summed E-state index contributed by atoms with van der Waals surface area (Å²) in [5.74, 6) is 1.12. The lowest BCUT2D eigenvalue weighted by molar-refractivity contribution is 0.430. The maximum absolute atomic E-state index is 6.09. The molecule has 1 saturated carbocycles. The summed E-state index contributed by atoms with van der Waals surface area (Å²) in [4.78, 5) is 10.7. The monoisotopic (exact) mass is 329 g/mol. The van der Waals surface area contributed by atoms with Gasteiger partial charge >= 0.3 is 0 Å². The van der Waals surface area contributed by atoms with Gasteiger partial charge in [-0.1, -0.05) is 6.58 Å². The van der Waals surface area contributed by atoms with Crippen molar-refractivity contribution in [2.24, 2.45) is 16.6 Å². The Hall–Kier alpha value is -1.59. The smallest absolute Gasteiger partial charge is 0.196 e. The quantitative estimate of drug-likeness (QED) is 0.918. The van der Waals surface area contributed by atoms with Crippen molar-refractivity contribution in [3.05, 3.63) is 46.3 Å². The highest BCUT2D eigenvalue weighted by Crippen LogP contribution is 2.57. The molecule has 1 aliphatic carbocycles. The van der Waals surface area contributed by atoms with E-state index in [1.807, 2.05) is 23.3 Å². The summed E-state index contributed by atoms with van der Waals surface area (Å²) in [5.41, 5.74) is 8.10.